The van der Waals surface area contributed by atoms with E-state index in [9.17, 15) is 60.3 Å². The molecule has 0 aliphatic carbocycles. The number of hydrogen-bond acceptors (Lipinski definition) is 16. The van der Waals surface area contributed by atoms with Gasteiger partial charge in [-0.2, -0.15) is 13.2 Å². The lowest BCUT2D eigenvalue weighted by Crippen LogP contribution is -2.53. The maximum Gasteiger partial charge on any atom is 0.411 e. The van der Waals surface area contributed by atoms with Crippen LogP contribution < -0.4 is 42.9 Å². The van der Waals surface area contributed by atoms with Gasteiger partial charge in [0.25, 0.3) is 22.9 Å². The molecule has 0 unspecified atom stereocenters. The van der Waals surface area contributed by atoms with Crippen LogP contribution in [0.4, 0.5) is 42.1 Å². The highest BCUT2D eigenvalue weighted by Gasteiger charge is 2.46. The first-order valence-electron chi connectivity index (χ1n) is 27.7. The number of carbonyl (C=O) groups excluding carboxylic acids is 4. The molecule has 2 saturated heterocycles. The van der Waals surface area contributed by atoms with E-state index < -0.39 is 118 Å². The van der Waals surface area contributed by atoms with Crippen LogP contribution in [0, 0.1) is 18.6 Å². The van der Waals surface area contributed by atoms with Crippen LogP contribution in [0.1, 0.15) is 65.1 Å². The van der Waals surface area contributed by atoms with Crippen molar-refractivity contribution in [3.8, 4) is 11.6 Å². The summed E-state index contributed by atoms with van der Waals surface area (Å²) in [6, 6.07) is 8.59. The van der Waals surface area contributed by atoms with Gasteiger partial charge in [0.15, 0.2) is 11.6 Å². The molecule has 22 nitrogen and oxygen atoms in total. The number of aromatic nitrogens is 8. The first kappa shape index (κ1) is 67.5. The van der Waals surface area contributed by atoms with Gasteiger partial charge in [0.1, 0.15) is 29.3 Å². The molecule has 4 atom stereocenters. The van der Waals surface area contributed by atoms with E-state index in [0.29, 0.717) is 41.0 Å². The number of Topliss-reactive ketones (excluding diaryl/α,β-unsaturated/α-hetero) is 2. The second-order valence-corrected chi connectivity index (χ2v) is 21.7. The topological polar surface area (TPSA) is 257 Å². The normalized spacial score (nSPS) is 15.8. The molecule has 0 bridgehead atoms. The second kappa shape index (κ2) is 28.1. The summed E-state index contributed by atoms with van der Waals surface area (Å²) in [6.07, 6.45) is 0.664. The number of pyridine rings is 4. The highest BCUT2D eigenvalue weighted by atomic mass is 35.5. The predicted molar refractivity (Wildman–Crippen MR) is 322 cm³/mol. The number of morpholine rings is 2. The fourth-order valence-electron chi connectivity index (χ4n) is 10.6. The zero-order valence-corrected chi connectivity index (χ0v) is 49.3. The van der Waals surface area contributed by atoms with E-state index in [2.05, 4.69) is 30.6 Å². The monoisotopic (exact) mass is 1290 g/mol. The minimum absolute atomic E-state index is 0. The molecule has 8 heterocycles. The van der Waals surface area contributed by atoms with E-state index in [0.717, 1.165) is 32.2 Å². The van der Waals surface area contributed by atoms with Gasteiger partial charge in [-0.15, -0.1) is 0 Å². The molecule has 91 heavy (non-hydrogen) atoms. The molecule has 30 heteroatoms. The average Bonchev–Trinajstić information content (AvgIpc) is 0.802. The van der Waals surface area contributed by atoms with E-state index in [1.54, 1.807) is 17.0 Å². The fraction of sp³-hybridized carbons (Fsp3) is 0.344. The van der Waals surface area contributed by atoms with Gasteiger partial charge in [0.05, 0.1) is 94.9 Å². The van der Waals surface area contributed by atoms with Crippen molar-refractivity contribution in [3.05, 3.63) is 184 Å². The van der Waals surface area contributed by atoms with Crippen LogP contribution in [0.2, 0.25) is 5.02 Å². The zero-order chi connectivity index (χ0) is 65.0. The fourth-order valence-corrected chi connectivity index (χ4v) is 10.8. The minimum atomic E-state index is -4.65. The van der Waals surface area contributed by atoms with Gasteiger partial charge in [-0.1, -0.05) is 31.2 Å². The van der Waals surface area contributed by atoms with Crippen LogP contribution in [-0.4, -0.2) is 138 Å². The van der Waals surface area contributed by atoms with Gasteiger partial charge in [-0.25, -0.2) is 46.3 Å². The van der Waals surface area contributed by atoms with Gasteiger partial charge < -0.3 is 29.9 Å². The Kier molecular flexibility index (Phi) is 20.9. The third-order valence-electron chi connectivity index (χ3n) is 15.3. The van der Waals surface area contributed by atoms with Crippen molar-refractivity contribution in [2.24, 2.45) is 14.1 Å². The van der Waals surface area contributed by atoms with Crippen molar-refractivity contribution in [1.82, 2.24) is 48.8 Å². The summed E-state index contributed by atoms with van der Waals surface area (Å²) in [5.74, 6) is -4.68. The lowest BCUT2D eigenvalue weighted by atomic mass is 10.0. The third kappa shape index (κ3) is 14.6. The van der Waals surface area contributed by atoms with Gasteiger partial charge in [-0.05, 0) is 86.0 Å². The molecule has 0 spiro atoms. The van der Waals surface area contributed by atoms with Gasteiger partial charge in [-0.3, -0.25) is 47.9 Å². The summed E-state index contributed by atoms with van der Waals surface area (Å²) in [4.78, 5) is 122. The van der Waals surface area contributed by atoms with E-state index in [-0.39, 0.29) is 79.2 Å². The molecule has 2 aliphatic heterocycles. The third-order valence-corrected chi connectivity index (χ3v) is 15.6. The molecule has 2 aromatic carbocycles. The number of rotatable bonds is 16. The maximum absolute atomic E-state index is 15.4. The van der Waals surface area contributed by atoms with Crippen molar-refractivity contribution in [1.29, 1.82) is 0 Å². The molecule has 8 aromatic rings. The highest BCUT2D eigenvalue weighted by Crippen LogP contribution is 2.35. The second-order valence-electron chi connectivity index (χ2n) is 21.3. The number of benzene rings is 2. The van der Waals surface area contributed by atoms with E-state index in [4.69, 9.17) is 21.1 Å². The smallest absolute Gasteiger partial charge is 0.377 e. The molecule has 2 amide bonds. The van der Waals surface area contributed by atoms with Crippen LogP contribution in [-0.2, 0) is 46.0 Å². The van der Waals surface area contributed by atoms with Gasteiger partial charge in [0.2, 0.25) is 6.43 Å². The van der Waals surface area contributed by atoms with Crippen LogP contribution in [0.25, 0.3) is 33.4 Å². The number of amides is 2. The van der Waals surface area contributed by atoms with Gasteiger partial charge >= 0.3 is 17.6 Å². The molecule has 0 saturated carbocycles. The Morgan fingerprint density at radius 3 is 1.56 bits per heavy atom. The lowest BCUT2D eigenvalue weighted by molar-refractivity contribution is -0.167. The maximum atomic E-state index is 15.4. The van der Waals surface area contributed by atoms with Crippen LogP contribution in [0.5, 0.6) is 0 Å². The number of aryl methyl sites for hydroxylation is 3. The number of anilines is 2. The number of alkyl halides is 5. The van der Waals surface area contributed by atoms with Crippen molar-refractivity contribution in [2.75, 3.05) is 49.3 Å². The van der Waals surface area contributed by atoms with Crippen molar-refractivity contribution >= 4 is 68.2 Å². The van der Waals surface area contributed by atoms with E-state index in [1.807, 2.05) is 0 Å². The predicted octanol–water partition coefficient (Wildman–Crippen LogP) is 6.32. The average molecular weight is 1290 g/mol. The Balaban J connectivity index is 0.000000232. The molecular weight excluding hydrogens is 1230 g/mol. The molecule has 2 fully saturated rings. The quantitative estimate of drug-likeness (QED) is 0.100. The van der Waals surface area contributed by atoms with Crippen LogP contribution in [0.15, 0.2) is 117 Å². The highest BCUT2D eigenvalue weighted by molar-refractivity contribution is 6.34. The standard InChI is InChI=1S/C31H31F3N6O5.C29H25ClF4N6O5.CH4/c1-17-10-20(39-8-9-45-16-21(39)13-26(33)34)12-23(32)28(17)29(42)37-24(18(2)41)11-19-4-5-27(36-14-19)40-30(43)22-6-7-35-15-25(22)38(3)31(40)44;1-15(41)21(9-16-3-4-24(36-12-16)40-27(43)18-5-6-35-13-22(18)38(2)28(40)44)37-26(42)25-19(30)10-17(11-20(25)31)39-7-8-45-14-23(39)29(32,33)34;/h4-7,10,12,14-15,21,24,26H,8-9,11,13,16H2,1-3H3,(H,37,42);3-6,10-13,21,23H,7-9,14H2,1-2H3,(H,37,42);1H4/t21-,24-;21-,23+;/m00./s1. The Morgan fingerprint density at radius 2 is 1.12 bits per heavy atom. The Labute approximate surface area is 517 Å². The summed E-state index contributed by atoms with van der Waals surface area (Å²) in [7, 11) is 3.00. The Hall–Kier alpha value is -9.48. The molecule has 6 aromatic heterocycles. The number of hydrogen-bond donors (Lipinski definition) is 2. The summed E-state index contributed by atoms with van der Waals surface area (Å²) in [6.45, 7) is 3.86. The number of ether oxygens (including phenoxy) is 2. The Bertz CT molecular complexity index is 4290. The summed E-state index contributed by atoms with van der Waals surface area (Å²) in [5, 5.41) is 5.10. The number of ketones is 2. The largest absolute Gasteiger partial charge is 0.411 e. The van der Waals surface area contributed by atoms with E-state index in [1.165, 1.54) is 112 Å². The zero-order valence-electron chi connectivity index (χ0n) is 48.6. The molecule has 2 N–H and O–H groups in total. The first-order valence-corrected chi connectivity index (χ1v) is 28.1. The summed E-state index contributed by atoms with van der Waals surface area (Å²) in [5.41, 5.74) is -1.21. The SMILES string of the molecule is C.CC(=O)[C@H](Cc1ccc(-n2c(=O)c3ccncc3n(C)c2=O)nc1)NC(=O)c1c(C)cc(N2CCOC[C@@H]2CC(F)F)cc1F.CC(=O)[C@H](Cc1ccc(-n2c(=O)c3ccncc3n(C)c2=O)nc1)NC(=O)c1c(F)cc(N2CCOC[C@@H]2C(F)(F)F)cc1Cl. The molecule has 2 aliphatic rings. The van der Waals surface area contributed by atoms with Crippen LogP contribution >= 0.6 is 11.6 Å². The molecule has 0 radical (unpaired) electrons. The van der Waals surface area contributed by atoms with Crippen molar-refractivity contribution < 1.29 is 59.4 Å². The minimum Gasteiger partial charge on any atom is -0.377 e. The number of carbonyl (C=O) groups is 4. The van der Waals surface area contributed by atoms with E-state index >= 15 is 8.78 Å². The summed E-state index contributed by atoms with van der Waals surface area (Å²) < 4.78 is 112. The molecule has 480 valence electrons. The number of halogens is 8. The lowest BCUT2D eigenvalue weighted by Gasteiger charge is -2.38. The number of nitrogens with one attached hydrogen (secondary N) is 2. The first-order chi connectivity index (χ1) is 42.7. The van der Waals surface area contributed by atoms with Gasteiger partial charge in [0, 0.05) is 82.6 Å². The summed E-state index contributed by atoms with van der Waals surface area (Å²) >= 11 is 6.19. The number of nitrogens with zero attached hydrogens (tertiary/aromatic N) is 10. The van der Waals surface area contributed by atoms with Crippen molar-refractivity contribution in [3.63, 3.8) is 0 Å². The Morgan fingerprint density at radius 1 is 0.659 bits per heavy atom. The number of fused-ring (bicyclic) bond motifs is 2. The van der Waals surface area contributed by atoms with Crippen LogP contribution in [0.3, 0.4) is 0 Å². The molecule has 10 rings (SSSR count). The molecular formula is C61H60ClF7N12O10. The van der Waals surface area contributed by atoms with Crippen molar-refractivity contribution in [2.45, 2.75) is 84.2 Å².